The van der Waals surface area contributed by atoms with E-state index < -0.39 is 17.8 Å². The Morgan fingerprint density at radius 1 is 1.06 bits per heavy atom. The predicted molar refractivity (Wildman–Crippen MR) is 134 cm³/mol. The van der Waals surface area contributed by atoms with Gasteiger partial charge in [0.25, 0.3) is 11.8 Å². The van der Waals surface area contributed by atoms with E-state index in [1.165, 1.54) is 49.6 Å². The summed E-state index contributed by atoms with van der Waals surface area (Å²) in [5.74, 6) is -1.18. The maximum absolute atomic E-state index is 13.1. The summed E-state index contributed by atoms with van der Waals surface area (Å²) in [6, 6.07) is 17.3. The lowest BCUT2D eigenvalue weighted by atomic mass is 10.1. The molecule has 4 amide bonds. The molecular weight excluding hydrogens is 505 g/mol. The van der Waals surface area contributed by atoms with Gasteiger partial charge in [0, 0.05) is 10.6 Å². The summed E-state index contributed by atoms with van der Waals surface area (Å²) in [6.45, 7) is 0.0688. The fourth-order valence-electron chi connectivity index (χ4n) is 3.52. The number of ether oxygens (including phenoxy) is 2. The highest BCUT2D eigenvalue weighted by atomic mass is 35.5. The first-order valence-corrected chi connectivity index (χ1v) is 11.2. The van der Waals surface area contributed by atoms with Crippen LogP contribution in [0.5, 0.6) is 11.5 Å². The molecule has 1 heterocycles. The van der Waals surface area contributed by atoms with Crippen molar-refractivity contribution < 1.29 is 23.9 Å². The van der Waals surface area contributed by atoms with Gasteiger partial charge in [-0.25, -0.2) is 9.69 Å². The number of hydrogen-bond acceptors (Lipinski definition) is 6. The number of nitriles is 1. The number of amides is 4. The first kappa shape index (κ1) is 24.8. The first-order chi connectivity index (χ1) is 17.3. The molecule has 0 bridgehead atoms. The van der Waals surface area contributed by atoms with Crippen molar-refractivity contribution in [3.05, 3.63) is 93.0 Å². The molecule has 180 valence electrons. The minimum atomic E-state index is -0.874. The van der Waals surface area contributed by atoms with Crippen molar-refractivity contribution in [3.8, 4) is 17.6 Å². The lowest BCUT2D eigenvalue weighted by Gasteiger charge is -2.26. The highest BCUT2D eigenvalue weighted by molar-refractivity contribution is 6.39. The molecular formula is C26H17Cl2N3O5. The van der Waals surface area contributed by atoms with E-state index in [0.29, 0.717) is 21.7 Å². The Balaban J connectivity index is 1.65. The number of hydrogen-bond donors (Lipinski definition) is 1. The van der Waals surface area contributed by atoms with E-state index in [1.807, 2.05) is 0 Å². The Hall–Kier alpha value is -4.32. The van der Waals surface area contributed by atoms with Gasteiger partial charge in [0.2, 0.25) is 0 Å². The molecule has 0 aromatic heterocycles. The smallest absolute Gasteiger partial charge is 0.335 e. The van der Waals surface area contributed by atoms with Crippen LogP contribution in [-0.4, -0.2) is 25.0 Å². The predicted octanol–water partition coefficient (Wildman–Crippen LogP) is 5.12. The third kappa shape index (κ3) is 5.03. The molecule has 4 rings (SSSR count). The van der Waals surface area contributed by atoms with Gasteiger partial charge in [-0.15, -0.1) is 0 Å². The third-order valence-electron chi connectivity index (χ3n) is 5.26. The molecule has 10 heteroatoms. The largest absolute Gasteiger partial charge is 0.493 e. The van der Waals surface area contributed by atoms with Gasteiger partial charge in [-0.2, -0.15) is 5.26 Å². The number of halogens is 2. The van der Waals surface area contributed by atoms with Gasteiger partial charge in [0.05, 0.1) is 29.5 Å². The van der Waals surface area contributed by atoms with Crippen molar-refractivity contribution in [1.29, 1.82) is 5.26 Å². The van der Waals surface area contributed by atoms with Crippen LogP contribution in [-0.2, 0) is 16.2 Å². The number of nitrogens with one attached hydrogen (secondary N) is 1. The van der Waals surface area contributed by atoms with Crippen molar-refractivity contribution in [2.45, 2.75) is 6.61 Å². The fourth-order valence-corrected chi connectivity index (χ4v) is 3.92. The molecule has 3 aromatic carbocycles. The van der Waals surface area contributed by atoms with E-state index in [0.717, 1.165) is 4.90 Å². The summed E-state index contributed by atoms with van der Waals surface area (Å²) >= 11 is 12.3. The van der Waals surface area contributed by atoms with Gasteiger partial charge in [0.15, 0.2) is 11.5 Å². The van der Waals surface area contributed by atoms with Crippen molar-refractivity contribution in [3.63, 3.8) is 0 Å². The number of nitrogens with zero attached hydrogens (tertiary/aromatic N) is 2. The molecule has 1 N–H and O–H groups in total. The lowest BCUT2D eigenvalue weighted by Crippen LogP contribution is -2.54. The van der Waals surface area contributed by atoms with Gasteiger partial charge in [0.1, 0.15) is 12.2 Å². The fraction of sp³-hybridized carbons (Fsp3) is 0.0769. The molecule has 3 aromatic rings. The minimum absolute atomic E-state index is 0.0688. The Morgan fingerprint density at radius 3 is 2.47 bits per heavy atom. The third-order valence-corrected chi connectivity index (χ3v) is 5.79. The maximum atomic E-state index is 13.1. The Bertz CT molecular complexity index is 1440. The number of rotatable bonds is 6. The zero-order chi connectivity index (χ0) is 25.8. The zero-order valence-corrected chi connectivity index (χ0v) is 20.3. The lowest BCUT2D eigenvalue weighted by molar-refractivity contribution is -0.122. The second kappa shape index (κ2) is 10.5. The molecule has 1 aliphatic heterocycles. The van der Waals surface area contributed by atoms with E-state index in [-0.39, 0.29) is 34.4 Å². The molecule has 0 saturated carbocycles. The second-order valence-electron chi connectivity index (χ2n) is 7.53. The molecule has 8 nitrogen and oxygen atoms in total. The monoisotopic (exact) mass is 521 g/mol. The highest BCUT2D eigenvalue weighted by Crippen LogP contribution is 2.38. The van der Waals surface area contributed by atoms with Gasteiger partial charge in [-0.1, -0.05) is 41.4 Å². The molecule has 0 aliphatic carbocycles. The summed E-state index contributed by atoms with van der Waals surface area (Å²) in [6.07, 6.45) is 1.30. The van der Waals surface area contributed by atoms with E-state index >= 15 is 0 Å². The average Bonchev–Trinajstić information content (AvgIpc) is 2.86. The minimum Gasteiger partial charge on any atom is -0.493 e. The number of barbiturate groups is 1. The van der Waals surface area contributed by atoms with Crippen LogP contribution in [0.2, 0.25) is 10.0 Å². The summed E-state index contributed by atoms with van der Waals surface area (Å²) in [5, 5.41) is 12.0. The maximum Gasteiger partial charge on any atom is 0.335 e. The first-order valence-electron chi connectivity index (χ1n) is 10.5. The van der Waals surface area contributed by atoms with Crippen LogP contribution in [0.3, 0.4) is 0 Å². The number of carbonyl (C=O) groups excluding carboxylic acids is 3. The molecule has 36 heavy (non-hydrogen) atoms. The van der Waals surface area contributed by atoms with Crippen LogP contribution in [0.15, 0.2) is 66.2 Å². The summed E-state index contributed by atoms with van der Waals surface area (Å²) in [5.41, 5.74) is 1.47. The highest BCUT2D eigenvalue weighted by Gasteiger charge is 2.36. The molecule has 0 unspecified atom stereocenters. The summed E-state index contributed by atoms with van der Waals surface area (Å²) in [7, 11) is 1.41. The van der Waals surface area contributed by atoms with Crippen LogP contribution < -0.4 is 19.7 Å². The van der Waals surface area contributed by atoms with E-state index in [9.17, 15) is 19.6 Å². The summed E-state index contributed by atoms with van der Waals surface area (Å²) < 4.78 is 11.2. The standard InChI is InChI=1S/C26H17Cl2N3O5/c1-35-22-12-15(11-21(28)23(22)36-14-17-5-3-2-4-16(17)13-29)10-20-24(32)30-26(34)31(25(20)33)19-8-6-18(27)7-9-19/h2-12H,14H2,1H3,(H,30,32,34)/b20-10+. The van der Waals surface area contributed by atoms with Crippen molar-refractivity contribution in [2.75, 3.05) is 12.0 Å². The second-order valence-corrected chi connectivity index (χ2v) is 8.37. The van der Waals surface area contributed by atoms with Crippen molar-refractivity contribution in [2.24, 2.45) is 0 Å². The molecule has 1 aliphatic rings. The SMILES string of the molecule is COc1cc(/C=C2\C(=O)NC(=O)N(c3ccc(Cl)cc3)C2=O)cc(Cl)c1OCc1ccccc1C#N. The number of imide groups is 2. The van der Waals surface area contributed by atoms with Crippen LogP contribution in [0.1, 0.15) is 16.7 Å². The van der Waals surface area contributed by atoms with E-state index in [2.05, 4.69) is 11.4 Å². The van der Waals surface area contributed by atoms with Crippen molar-refractivity contribution >= 4 is 52.8 Å². The molecule has 0 atom stereocenters. The van der Waals surface area contributed by atoms with Gasteiger partial charge < -0.3 is 9.47 Å². The van der Waals surface area contributed by atoms with E-state index in [1.54, 1.807) is 24.3 Å². The number of methoxy groups -OCH3 is 1. The molecule has 0 spiro atoms. The van der Waals surface area contributed by atoms with Crippen LogP contribution in [0.4, 0.5) is 10.5 Å². The Labute approximate surface area is 216 Å². The van der Waals surface area contributed by atoms with Crippen LogP contribution in [0.25, 0.3) is 6.08 Å². The van der Waals surface area contributed by atoms with Gasteiger partial charge in [-0.3, -0.25) is 14.9 Å². The van der Waals surface area contributed by atoms with Gasteiger partial charge in [-0.05, 0) is 54.1 Å². The number of carbonyl (C=O) groups is 3. The van der Waals surface area contributed by atoms with Gasteiger partial charge >= 0.3 is 6.03 Å². The zero-order valence-electron chi connectivity index (χ0n) is 18.7. The Kier molecular flexibility index (Phi) is 7.25. The van der Waals surface area contributed by atoms with E-state index in [4.69, 9.17) is 32.7 Å². The van der Waals surface area contributed by atoms with Crippen molar-refractivity contribution in [1.82, 2.24) is 5.32 Å². The summed E-state index contributed by atoms with van der Waals surface area (Å²) in [4.78, 5) is 38.8. The molecule has 1 fully saturated rings. The number of benzene rings is 3. The van der Waals surface area contributed by atoms with Crippen LogP contribution >= 0.6 is 23.2 Å². The topological polar surface area (TPSA) is 109 Å². The molecule has 1 saturated heterocycles. The number of anilines is 1. The number of urea groups is 1. The normalized spacial score (nSPS) is 14.4. The molecule has 0 radical (unpaired) electrons. The quantitative estimate of drug-likeness (QED) is 0.356. The Morgan fingerprint density at radius 2 is 1.78 bits per heavy atom. The average molecular weight is 522 g/mol. The van der Waals surface area contributed by atoms with Crippen LogP contribution in [0, 0.1) is 11.3 Å².